The van der Waals surface area contributed by atoms with Crippen molar-refractivity contribution in [3.05, 3.63) is 71.3 Å². The zero-order valence-corrected chi connectivity index (χ0v) is 13.8. The molecule has 2 aliphatic rings. The van der Waals surface area contributed by atoms with E-state index in [0.717, 1.165) is 12.0 Å². The first-order valence-electron chi connectivity index (χ1n) is 8.44. The lowest BCUT2D eigenvalue weighted by Gasteiger charge is -2.47. The van der Waals surface area contributed by atoms with Crippen molar-refractivity contribution in [2.45, 2.75) is 18.9 Å². The Morgan fingerprint density at radius 1 is 1.12 bits per heavy atom. The number of ether oxygens (including phenoxy) is 1. The second kappa shape index (κ2) is 6.23. The standard InChI is InChI=1S/C20H19F2NO2/c21-16-6-4-15(5-7-16)19(24)23-11-20(12-23)10-18(25-13-20)9-14-2-1-3-17(22)8-14/h1-8,18H,9-13H2. The maximum absolute atomic E-state index is 13.3. The molecule has 1 unspecified atom stereocenters. The first kappa shape index (κ1) is 16.2. The number of benzene rings is 2. The summed E-state index contributed by atoms with van der Waals surface area (Å²) in [4.78, 5) is 14.2. The van der Waals surface area contributed by atoms with Gasteiger partial charge in [-0.3, -0.25) is 4.79 Å². The minimum atomic E-state index is -0.346. The molecule has 0 radical (unpaired) electrons. The lowest BCUT2D eigenvalue weighted by molar-refractivity contribution is -0.00134. The third-order valence-electron chi connectivity index (χ3n) is 5.07. The van der Waals surface area contributed by atoms with Gasteiger partial charge in [-0.05, 0) is 54.8 Å². The molecule has 1 amide bonds. The molecule has 0 bridgehead atoms. The first-order chi connectivity index (χ1) is 12.0. The molecule has 2 aromatic carbocycles. The van der Waals surface area contributed by atoms with Crippen molar-refractivity contribution >= 4 is 5.91 Å². The van der Waals surface area contributed by atoms with Crippen molar-refractivity contribution in [3.8, 4) is 0 Å². The molecule has 0 saturated carbocycles. The summed E-state index contributed by atoms with van der Waals surface area (Å²) >= 11 is 0. The van der Waals surface area contributed by atoms with Crippen molar-refractivity contribution < 1.29 is 18.3 Å². The largest absolute Gasteiger partial charge is 0.377 e. The Kier molecular flexibility index (Phi) is 4.04. The lowest BCUT2D eigenvalue weighted by atomic mass is 9.77. The topological polar surface area (TPSA) is 29.5 Å². The highest BCUT2D eigenvalue weighted by molar-refractivity contribution is 5.94. The van der Waals surface area contributed by atoms with Crippen molar-refractivity contribution in [1.82, 2.24) is 4.90 Å². The van der Waals surface area contributed by atoms with Crippen LogP contribution in [0.25, 0.3) is 0 Å². The number of hydrogen-bond acceptors (Lipinski definition) is 2. The molecule has 25 heavy (non-hydrogen) atoms. The summed E-state index contributed by atoms with van der Waals surface area (Å²) in [6, 6.07) is 12.2. The molecule has 2 heterocycles. The molecule has 0 N–H and O–H groups in total. The van der Waals surface area contributed by atoms with Crippen LogP contribution >= 0.6 is 0 Å². The highest BCUT2D eigenvalue weighted by atomic mass is 19.1. The minimum Gasteiger partial charge on any atom is -0.377 e. The normalized spacial score (nSPS) is 21.4. The van der Waals surface area contributed by atoms with Gasteiger partial charge >= 0.3 is 0 Å². The molecular formula is C20H19F2NO2. The van der Waals surface area contributed by atoms with E-state index in [4.69, 9.17) is 4.74 Å². The molecular weight excluding hydrogens is 324 g/mol. The minimum absolute atomic E-state index is 0.00762. The molecule has 4 rings (SSSR count). The predicted molar refractivity (Wildman–Crippen MR) is 89.2 cm³/mol. The molecule has 3 nitrogen and oxygen atoms in total. The Morgan fingerprint density at radius 2 is 1.88 bits per heavy atom. The van der Waals surface area contributed by atoms with Crippen molar-refractivity contribution in [1.29, 1.82) is 0 Å². The van der Waals surface area contributed by atoms with Gasteiger partial charge < -0.3 is 9.64 Å². The summed E-state index contributed by atoms with van der Waals surface area (Å²) in [5.41, 5.74) is 1.44. The Morgan fingerprint density at radius 3 is 2.60 bits per heavy atom. The third-order valence-corrected chi connectivity index (χ3v) is 5.07. The van der Waals surface area contributed by atoms with Crippen molar-refractivity contribution in [3.63, 3.8) is 0 Å². The number of likely N-dealkylation sites (tertiary alicyclic amines) is 1. The van der Waals surface area contributed by atoms with Gasteiger partial charge in [0.1, 0.15) is 11.6 Å². The fraction of sp³-hybridized carbons (Fsp3) is 0.350. The number of nitrogens with zero attached hydrogens (tertiary/aromatic N) is 1. The van der Waals surface area contributed by atoms with Crippen LogP contribution in [0.15, 0.2) is 48.5 Å². The lowest BCUT2D eigenvalue weighted by Crippen LogP contribution is -2.59. The van der Waals surface area contributed by atoms with Crippen LogP contribution in [0.2, 0.25) is 0 Å². The van der Waals surface area contributed by atoms with E-state index >= 15 is 0 Å². The second-order valence-electron chi connectivity index (χ2n) is 7.14. The van der Waals surface area contributed by atoms with Crippen LogP contribution in [0, 0.1) is 17.0 Å². The number of rotatable bonds is 3. The predicted octanol–water partition coefficient (Wildman–Crippen LogP) is 3.44. The zero-order valence-electron chi connectivity index (χ0n) is 13.8. The number of amides is 1. The molecule has 130 valence electrons. The molecule has 0 aliphatic carbocycles. The van der Waals surface area contributed by atoms with E-state index in [-0.39, 0.29) is 29.1 Å². The van der Waals surface area contributed by atoms with Gasteiger partial charge in [0.15, 0.2) is 0 Å². The Labute approximate surface area is 145 Å². The Balaban J connectivity index is 1.34. The van der Waals surface area contributed by atoms with Gasteiger partial charge in [-0.25, -0.2) is 8.78 Å². The fourth-order valence-corrected chi connectivity index (χ4v) is 3.86. The monoisotopic (exact) mass is 343 g/mol. The quantitative estimate of drug-likeness (QED) is 0.854. The van der Waals surface area contributed by atoms with E-state index in [1.807, 2.05) is 6.07 Å². The third kappa shape index (κ3) is 3.29. The van der Waals surface area contributed by atoms with E-state index in [2.05, 4.69) is 0 Å². The van der Waals surface area contributed by atoms with Gasteiger partial charge in [0.2, 0.25) is 0 Å². The van der Waals surface area contributed by atoms with Gasteiger partial charge in [0.05, 0.1) is 12.7 Å². The van der Waals surface area contributed by atoms with Crippen molar-refractivity contribution in [2.24, 2.45) is 5.41 Å². The molecule has 2 saturated heterocycles. The van der Waals surface area contributed by atoms with Crippen LogP contribution in [0.1, 0.15) is 22.3 Å². The van der Waals surface area contributed by atoms with Crippen molar-refractivity contribution in [2.75, 3.05) is 19.7 Å². The maximum atomic E-state index is 13.3. The van der Waals surface area contributed by atoms with Gasteiger partial charge in [-0.2, -0.15) is 0 Å². The number of carbonyl (C=O) groups is 1. The number of halogens is 2. The average Bonchev–Trinajstić information content (AvgIpc) is 2.98. The summed E-state index contributed by atoms with van der Waals surface area (Å²) in [6.45, 7) is 1.94. The number of carbonyl (C=O) groups excluding carboxylic acids is 1. The average molecular weight is 343 g/mol. The molecule has 2 fully saturated rings. The number of hydrogen-bond donors (Lipinski definition) is 0. The Hall–Kier alpha value is -2.27. The summed E-state index contributed by atoms with van der Waals surface area (Å²) in [5, 5.41) is 0. The Bertz CT molecular complexity index is 785. The van der Waals surface area contributed by atoms with E-state index in [1.54, 1.807) is 17.0 Å². The second-order valence-corrected chi connectivity index (χ2v) is 7.14. The SMILES string of the molecule is O=C(c1ccc(F)cc1)N1CC2(COC(Cc3cccc(F)c3)C2)C1. The molecule has 2 aliphatic heterocycles. The molecule has 0 aromatic heterocycles. The van der Waals surface area contributed by atoms with Crippen LogP contribution < -0.4 is 0 Å². The summed E-state index contributed by atoms with van der Waals surface area (Å²) in [5.74, 6) is -0.648. The molecule has 1 atom stereocenters. The van der Waals surface area contributed by atoms with E-state index < -0.39 is 0 Å². The van der Waals surface area contributed by atoms with Crippen LogP contribution in [0.5, 0.6) is 0 Å². The van der Waals surface area contributed by atoms with E-state index in [1.165, 1.54) is 30.3 Å². The summed E-state index contributed by atoms with van der Waals surface area (Å²) < 4.78 is 32.2. The molecule has 1 spiro atoms. The van der Waals surface area contributed by atoms with Crippen LogP contribution in [-0.4, -0.2) is 36.6 Å². The van der Waals surface area contributed by atoms with E-state index in [0.29, 0.717) is 31.7 Å². The van der Waals surface area contributed by atoms with Crippen LogP contribution in [0.3, 0.4) is 0 Å². The highest BCUT2D eigenvalue weighted by Gasteiger charge is 2.50. The summed E-state index contributed by atoms with van der Waals surface area (Å²) in [7, 11) is 0. The van der Waals surface area contributed by atoms with Crippen LogP contribution in [-0.2, 0) is 11.2 Å². The van der Waals surface area contributed by atoms with Gasteiger partial charge in [-0.15, -0.1) is 0 Å². The van der Waals surface area contributed by atoms with Gasteiger partial charge in [0, 0.05) is 24.1 Å². The zero-order chi connectivity index (χ0) is 17.4. The van der Waals surface area contributed by atoms with Gasteiger partial charge in [0.25, 0.3) is 5.91 Å². The van der Waals surface area contributed by atoms with Gasteiger partial charge in [-0.1, -0.05) is 12.1 Å². The fourth-order valence-electron chi connectivity index (χ4n) is 3.86. The molecule has 2 aromatic rings. The maximum Gasteiger partial charge on any atom is 0.253 e. The highest BCUT2D eigenvalue weighted by Crippen LogP contribution is 2.42. The molecule has 5 heteroatoms. The van der Waals surface area contributed by atoms with E-state index in [9.17, 15) is 13.6 Å². The van der Waals surface area contributed by atoms with Crippen LogP contribution in [0.4, 0.5) is 8.78 Å². The smallest absolute Gasteiger partial charge is 0.253 e. The first-order valence-corrected chi connectivity index (χ1v) is 8.44. The summed E-state index contributed by atoms with van der Waals surface area (Å²) in [6.07, 6.45) is 1.62.